The lowest BCUT2D eigenvalue weighted by molar-refractivity contribution is -0.114. The number of carbonyl (C=O) groups excluding carboxylic acids is 2. The van der Waals surface area contributed by atoms with Crippen molar-refractivity contribution in [3.05, 3.63) is 148 Å². The van der Waals surface area contributed by atoms with Gasteiger partial charge in [0, 0.05) is 82.2 Å². The first kappa shape index (κ1) is 43.4. The zero-order chi connectivity index (χ0) is 43.0. The number of thiophene rings is 5. The van der Waals surface area contributed by atoms with Crippen LogP contribution in [0.25, 0.3) is 30.7 Å². The molecular formula is C52H56O2S5. The van der Waals surface area contributed by atoms with Gasteiger partial charge in [-0.25, -0.2) is 0 Å². The molecule has 2 nitrogen and oxygen atoms in total. The van der Waals surface area contributed by atoms with E-state index in [0.29, 0.717) is 0 Å². The van der Waals surface area contributed by atoms with Crippen LogP contribution in [0.3, 0.4) is 0 Å². The van der Waals surface area contributed by atoms with Gasteiger partial charge in [-0.15, -0.1) is 56.7 Å². The van der Waals surface area contributed by atoms with Crippen LogP contribution in [0.1, 0.15) is 112 Å². The molecule has 5 heterocycles. The molecule has 2 aliphatic rings. The summed E-state index contributed by atoms with van der Waals surface area (Å²) in [4.78, 5) is 40.6. The molecule has 0 spiro atoms. The van der Waals surface area contributed by atoms with Crippen LogP contribution in [-0.2, 0) is 9.59 Å². The SMILES string of the molecule is Cc1ccc(-c2ccc(C(=C3C=C(C(C)(C)C)C(=O)C(C(C)(C)C)=C3)c3ccc(C(=C4C=C(C(C)(C)C)C(=O)C(C(C)(C)C)=C4)c4ccc(-c5ccc(C)s5)s4)s3)s2)s1. The van der Waals surface area contributed by atoms with E-state index in [1.165, 1.54) is 39.0 Å². The monoisotopic (exact) mass is 872 g/mol. The molecule has 0 fully saturated rings. The Morgan fingerprint density at radius 3 is 0.881 bits per heavy atom. The third kappa shape index (κ3) is 8.88. The van der Waals surface area contributed by atoms with E-state index in [1.54, 1.807) is 11.3 Å². The minimum Gasteiger partial charge on any atom is -0.289 e. The highest BCUT2D eigenvalue weighted by Gasteiger charge is 2.37. The van der Waals surface area contributed by atoms with Crippen LogP contribution in [0.4, 0.5) is 0 Å². The number of ketones is 2. The molecule has 0 aromatic carbocycles. The van der Waals surface area contributed by atoms with E-state index in [0.717, 1.165) is 54.3 Å². The van der Waals surface area contributed by atoms with Gasteiger partial charge in [0.25, 0.3) is 0 Å². The minimum atomic E-state index is -0.337. The molecule has 0 saturated heterocycles. The summed E-state index contributed by atoms with van der Waals surface area (Å²) in [5.74, 6) is 0.272. The zero-order valence-corrected chi connectivity index (χ0v) is 41.0. The van der Waals surface area contributed by atoms with Crippen LogP contribution in [0.5, 0.6) is 0 Å². The molecule has 0 unspecified atom stereocenters. The van der Waals surface area contributed by atoms with Gasteiger partial charge in [-0.1, -0.05) is 83.1 Å². The highest BCUT2D eigenvalue weighted by molar-refractivity contribution is 7.24. The van der Waals surface area contributed by atoms with Crippen molar-refractivity contribution < 1.29 is 9.59 Å². The summed E-state index contributed by atoms with van der Waals surface area (Å²) in [5, 5.41) is 0. The van der Waals surface area contributed by atoms with E-state index >= 15 is 0 Å². The first-order chi connectivity index (χ1) is 27.4. The van der Waals surface area contributed by atoms with E-state index in [9.17, 15) is 9.59 Å². The largest absolute Gasteiger partial charge is 0.289 e. The Hall–Kier alpha value is -3.72. The Morgan fingerprint density at radius 2 is 0.610 bits per heavy atom. The maximum atomic E-state index is 14.2. The topological polar surface area (TPSA) is 34.1 Å². The molecule has 306 valence electrons. The quantitative estimate of drug-likeness (QED) is 0.170. The van der Waals surface area contributed by atoms with E-state index in [1.807, 2.05) is 45.3 Å². The minimum absolute atomic E-state index is 0.136. The maximum Gasteiger partial charge on any atom is 0.186 e. The smallest absolute Gasteiger partial charge is 0.186 e. The molecule has 7 rings (SSSR count). The molecule has 5 aromatic heterocycles. The first-order valence-electron chi connectivity index (χ1n) is 20.3. The van der Waals surface area contributed by atoms with Crippen molar-refractivity contribution in [3.63, 3.8) is 0 Å². The molecule has 5 aromatic rings. The Balaban J connectivity index is 1.52. The average Bonchev–Trinajstić information content (AvgIpc) is 3.96. The summed E-state index contributed by atoms with van der Waals surface area (Å²) in [5.41, 5.74) is 6.42. The molecule has 2 aliphatic carbocycles. The second-order valence-corrected chi connectivity index (χ2v) is 25.7. The predicted molar refractivity (Wildman–Crippen MR) is 261 cm³/mol. The molecule has 0 bridgehead atoms. The summed E-state index contributed by atoms with van der Waals surface area (Å²) in [6.07, 6.45) is 8.66. The number of aryl methyl sites for hydroxylation is 2. The number of allylic oxidation sites excluding steroid dienone is 10. The molecule has 0 aliphatic heterocycles. The fraction of sp³-hybridized carbons (Fsp3) is 0.346. The maximum absolute atomic E-state index is 14.2. The van der Waals surface area contributed by atoms with E-state index in [4.69, 9.17) is 0 Å². The highest BCUT2D eigenvalue weighted by Crippen LogP contribution is 2.49. The van der Waals surface area contributed by atoms with Crippen LogP contribution in [-0.4, -0.2) is 11.6 Å². The second kappa shape index (κ2) is 15.6. The van der Waals surface area contributed by atoms with Crippen molar-refractivity contribution in [1.82, 2.24) is 0 Å². The molecular weight excluding hydrogens is 817 g/mol. The molecule has 0 N–H and O–H groups in total. The number of carbonyl (C=O) groups is 2. The van der Waals surface area contributed by atoms with Crippen LogP contribution >= 0.6 is 56.7 Å². The van der Waals surface area contributed by atoms with Crippen molar-refractivity contribution in [3.8, 4) is 19.5 Å². The summed E-state index contributed by atoms with van der Waals surface area (Å²) >= 11 is 9.07. The first-order valence-corrected chi connectivity index (χ1v) is 24.4. The number of rotatable bonds is 6. The zero-order valence-electron chi connectivity index (χ0n) is 36.9. The van der Waals surface area contributed by atoms with Crippen molar-refractivity contribution in [2.24, 2.45) is 21.7 Å². The molecule has 7 heteroatoms. The van der Waals surface area contributed by atoms with E-state index in [2.05, 4.69) is 182 Å². The highest BCUT2D eigenvalue weighted by atomic mass is 32.1. The molecule has 0 atom stereocenters. The summed E-state index contributed by atoms with van der Waals surface area (Å²) in [6.45, 7) is 30.0. The van der Waals surface area contributed by atoms with Gasteiger partial charge in [0.15, 0.2) is 11.6 Å². The van der Waals surface area contributed by atoms with Crippen LogP contribution in [0, 0.1) is 35.5 Å². The van der Waals surface area contributed by atoms with Gasteiger partial charge in [0.2, 0.25) is 0 Å². The van der Waals surface area contributed by atoms with Gasteiger partial charge < -0.3 is 0 Å². The Morgan fingerprint density at radius 1 is 0.356 bits per heavy atom. The van der Waals surface area contributed by atoms with Gasteiger partial charge in [-0.2, -0.15) is 0 Å². The average molecular weight is 873 g/mol. The van der Waals surface area contributed by atoms with Crippen LogP contribution < -0.4 is 0 Å². The van der Waals surface area contributed by atoms with Gasteiger partial charge in [-0.3, -0.25) is 9.59 Å². The molecule has 0 radical (unpaired) electrons. The van der Waals surface area contributed by atoms with E-state index in [-0.39, 0.29) is 33.2 Å². The fourth-order valence-corrected chi connectivity index (χ4v) is 12.9. The second-order valence-electron chi connectivity index (χ2n) is 19.9. The summed E-state index contributed by atoms with van der Waals surface area (Å²) < 4.78 is 0. The fourth-order valence-electron chi connectivity index (χ4n) is 7.54. The lowest BCUT2D eigenvalue weighted by atomic mass is 9.71. The third-order valence-electron chi connectivity index (χ3n) is 10.8. The van der Waals surface area contributed by atoms with Crippen LogP contribution in [0.15, 0.2) is 118 Å². The molecule has 0 saturated carbocycles. The van der Waals surface area contributed by atoms with Crippen molar-refractivity contribution in [1.29, 1.82) is 0 Å². The molecule has 59 heavy (non-hydrogen) atoms. The standard InChI is InChI=1S/C52H56O2S5/c1-29-15-17-37(55-29)39-19-21-41(57-39)45(31-25-33(49(3,4)5)47(53)34(26-31)50(6,7)8)43-23-24-44(59-43)46(42-22-20-40(58-42)38-18-16-30(2)56-38)32-27-35(51(9,10)11)48(54)36(28-32)52(12,13)14/h15-28H,1-14H3. The van der Waals surface area contributed by atoms with Crippen molar-refractivity contribution >= 4 is 79.4 Å². The number of Topliss-reactive ketones (excluding diaryl/α,β-unsaturated/α-hetero) is 2. The van der Waals surface area contributed by atoms with Crippen LogP contribution in [0.2, 0.25) is 0 Å². The third-order valence-corrected chi connectivity index (χ3v) is 16.5. The van der Waals surface area contributed by atoms with Crippen molar-refractivity contribution in [2.75, 3.05) is 0 Å². The van der Waals surface area contributed by atoms with Crippen molar-refractivity contribution in [2.45, 2.75) is 96.9 Å². The lowest BCUT2D eigenvalue weighted by Gasteiger charge is -2.32. The Kier molecular flexibility index (Phi) is 11.5. The normalized spacial score (nSPS) is 15.7. The van der Waals surface area contributed by atoms with Gasteiger partial charge >= 0.3 is 0 Å². The Bertz CT molecular complexity index is 2420. The Labute approximate surface area is 372 Å². The van der Waals surface area contributed by atoms with Gasteiger partial charge in [0.05, 0.1) is 0 Å². The summed E-state index contributed by atoms with van der Waals surface area (Å²) in [6, 6.07) is 22.4. The van der Waals surface area contributed by atoms with Gasteiger partial charge in [-0.05, 0) is 132 Å². The predicted octanol–water partition coefficient (Wildman–Crippen LogP) is 16.6. The molecule has 0 amide bonds. The number of hydrogen-bond acceptors (Lipinski definition) is 7. The van der Waals surface area contributed by atoms with E-state index < -0.39 is 0 Å². The lowest BCUT2D eigenvalue weighted by Crippen LogP contribution is -2.28. The number of hydrogen-bond donors (Lipinski definition) is 0. The van der Waals surface area contributed by atoms with Gasteiger partial charge in [0.1, 0.15) is 0 Å². The summed E-state index contributed by atoms with van der Waals surface area (Å²) in [7, 11) is 0.